The predicted octanol–water partition coefficient (Wildman–Crippen LogP) is 3.14. The summed E-state index contributed by atoms with van der Waals surface area (Å²) in [6, 6.07) is 0.161. The lowest BCUT2D eigenvalue weighted by molar-refractivity contribution is -0.144. The summed E-state index contributed by atoms with van der Waals surface area (Å²) in [7, 11) is 0. The summed E-state index contributed by atoms with van der Waals surface area (Å²) in [6.45, 7) is 7.40. The Labute approximate surface area is 105 Å². The van der Waals surface area contributed by atoms with Crippen LogP contribution in [-0.2, 0) is 4.79 Å². The molecule has 0 radical (unpaired) electrons. The molecule has 0 bridgehead atoms. The number of carboxylic acid groups (broad SMARTS) is 1. The van der Waals surface area contributed by atoms with Gasteiger partial charge in [0.05, 0.1) is 0 Å². The van der Waals surface area contributed by atoms with Gasteiger partial charge in [0.2, 0.25) is 0 Å². The van der Waals surface area contributed by atoms with E-state index < -0.39 is 5.97 Å². The lowest BCUT2D eigenvalue weighted by Crippen LogP contribution is -2.44. The van der Waals surface area contributed by atoms with Crippen molar-refractivity contribution in [1.29, 1.82) is 0 Å². The molecule has 1 aliphatic rings. The van der Waals surface area contributed by atoms with Crippen LogP contribution in [0.2, 0.25) is 0 Å². The zero-order valence-corrected chi connectivity index (χ0v) is 11.5. The minimum Gasteiger partial charge on any atom is -0.480 e. The van der Waals surface area contributed by atoms with E-state index in [1.165, 1.54) is 25.7 Å². The Bertz CT molecular complexity index is 242. The SMILES string of the molecule is CCCCCCC(C)N1CCC(C)C1C(=O)O. The third-order valence-electron chi connectivity index (χ3n) is 4.03. The van der Waals surface area contributed by atoms with Gasteiger partial charge in [0.15, 0.2) is 0 Å². The minimum atomic E-state index is -0.643. The van der Waals surface area contributed by atoms with E-state index in [4.69, 9.17) is 0 Å². The van der Waals surface area contributed by atoms with Crippen LogP contribution >= 0.6 is 0 Å². The van der Waals surface area contributed by atoms with Crippen molar-refractivity contribution in [2.75, 3.05) is 6.54 Å². The van der Waals surface area contributed by atoms with Crippen molar-refractivity contribution in [2.45, 2.75) is 71.4 Å². The summed E-state index contributed by atoms with van der Waals surface area (Å²) >= 11 is 0. The average molecular weight is 241 g/mol. The molecule has 3 heteroatoms. The van der Waals surface area contributed by atoms with Gasteiger partial charge in [-0.15, -0.1) is 0 Å². The molecule has 1 aliphatic heterocycles. The van der Waals surface area contributed by atoms with Crippen molar-refractivity contribution in [3.8, 4) is 0 Å². The quantitative estimate of drug-likeness (QED) is 0.696. The van der Waals surface area contributed by atoms with E-state index in [1.807, 2.05) is 0 Å². The van der Waals surface area contributed by atoms with E-state index >= 15 is 0 Å². The highest BCUT2D eigenvalue weighted by atomic mass is 16.4. The molecular formula is C14H27NO2. The van der Waals surface area contributed by atoms with Crippen LogP contribution < -0.4 is 0 Å². The third-order valence-corrected chi connectivity index (χ3v) is 4.03. The monoisotopic (exact) mass is 241 g/mol. The van der Waals surface area contributed by atoms with Crippen molar-refractivity contribution in [3.63, 3.8) is 0 Å². The predicted molar refractivity (Wildman–Crippen MR) is 70.1 cm³/mol. The van der Waals surface area contributed by atoms with Crippen LogP contribution in [0.4, 0.5) is 0 Å². The Hall–Kier alpha value is -0.570. The summed E-state index contributed by atoms with van der Waals surface area (Å²) in [5, 5.41) is 9.27. The topological polar surface area (TPSA) is 40.5 Å². The van der Waals surface area contributed by atoms with Crippen molar-refractivity contribution < 1.29 is 9.90 Å². The molecule has 0 amide bonds. The van der Waals surface area contributed by atoms with Gasteiger partial charge in [-0.2, -0.15) is 0 Å². The molecule has 0 aromatic carbocycles. The maximum absolute atomic E-state index is 11.3. The zero-order chi connectivity index (χ0) is 12.8. The van der Waals surface area contributed by atoms with Crippen LogP contribution in [-0.4, -0.2) is 34.6 Å². The number of nitrogens with zero attached hydrogens (tertiary/aromatic N) is 1. The molecule has 1 heterocycles. The van der Waals surface area contributed by atoms with E-state index in [0.717, 1.165) is 19.4 Å². The molecule has 3 nitrogen and oxygen atoms in total. The Balaban J connectivity index is 2.39. The summed E-state index contributed by atoms with van der Waals surface area (Å²) in [4.78, 5) is 13.5. The summed E-state index contributed by atoms with van der Waals surface area (Å²) in [5.41, 5.74) is 0. The minimum absolute atomic E-state index is 0.254. The van der Waals surface area contributed by atoms with Crippen LogP contribution in [0.15, 0.2) is 0 Å². The number of rotatable bonds is 7. The molecule has 1 fully saturated rings. The normalized spacial score (nSPS) is 27.2. The fourth-order valence-corrected chi connectivity index (χ4v) is 2.89. The van der Waals surface area contributed by atoms with Gasteiger partial charge < -0.3 is 5.11 Å². The number of likely N-dealkylation sites (tertiary alicyclic amines) is 1. The number of carboxylic acids is 1. The molecule has 0 aromatic heterocycles. The second-order valence-electron chi connectivity index (χ2n) is 5.49. The first-order valence-corrected chi connectivity index (χ1v) is 7.06. The molecule has 1 rings (SSSR count). The van der Waals surface area contributed by atoms with Gasteiger partial charge in [0.1, 0.15) is 6.04 Å². The Morgan fingerprint density at radius 3 is 2.71 bits per heavy atom. The average Bonchev–Trinajstić information content (AvgIpc) is 2.66. The van der Waals surface area contributed by atoms with Crippen molar-refractivity contribution in [3.05, 3.63) is 0 Å². The first kappa shape index (κ1) is 14.5. The molecular weight excluding hydrogens is 214 g/mol. The molecule has 1 saturated heterocycles. The summed E-state index contributed by atoms with van der Waals surface area (Å²) in [6.07, 6.45) is 7.22. The van der Waals surface area contributed by atoms with Crippen LogP contribution in [0.1, 0.15) is 59.3 Å². The van der Waals surface area contributed by atoms with E-state index in [2.05, 4.69) is 25.7 Å². The fraction of sp³-hybridized carbons (Fsp3) is 0.929. The molecule has 0 aromatic rings. The molecule has 0 saturated carbocycles. The second-order valence-corrected chi connectivity index (χ2v) is 5.49. The highest BCUT2D eigenvalue weighted by molar-refractivity contribution is 5.74. The highest BCUT2D eigenvalue weighted by Gasteiger charge is 2.38. The molecule has 0 spiro atoms. The lowest BCUT2D eigenvalue weighted by atomic mass is 10.0. The zero-order valence-electron chi connectivity index (χ0n) is 11.5. The molecule has 3 atom stereocenters. The van der Waals surface area contributed by atoms with E-state index in [-0.39, 0.29) is 6.04 Å². The molecule has 17 heavy (non-hydrogen) atoms. The number of hydrogen-bond acceptors (Lipinski definition) is 2. The number of aliphatic carboxylic acids is 1. The van der Waals surface area contributed by atoms with Gasteiger partial charge in [-0.05, 0) is 32.2 Å². The Morgan fingerprint density at radius 1 is 1.41 bits per heavy atom. The second kappa shape index (κ2) is 7.00. The van der Waals surface area contributed by atoms with Gasteiger partial charge in [0.25, 0.3) is 0 Å². The number of unbranched alkanes of at least 4 members (excludes halogenated alkanes) is 3. The molecule has 0 aliphatic carbocycles. The fourth-order valence-electron chi connectivity index (χ4n) is 2.89. The van der Waals surface area contributed by atoms with Gasteiger partial charge in [0, 0.05) is 6.04 Å². The molecule has 100 valence electrons. The van der Waals surface area contributed by atoms with Crippen molar-refractivity contribution in [2.24, 2.45) is 5.92 Å². The first-order valence-electron chi connectivity index (χ1n) is 7.06. The van der Waals surface area contributed by atoms with Gasteiger partial charge >= 0.3 is 5.97 Å². The number of hydrogen-bond donors (Lipinski definition) is 1. The number of carbonyl (C=O) groups is 1. The maximum atomic E-state index is 11.3. The van der Waals surface area contributed by atoms with E-state index in [1.54, 1.807) is 0 Å². The van der Waals surface area contributed by atoms with Gasteiger partial charge in [-0.3, -0.25) is 9.69 Å². The third kappa shape index (κ3) is 3.98. The lowest BCUT2D eigenvalue weighted by Gasteiger charge is -2.29. The van der Waals surface area contributed by atoms with Gasteiger partial charge in [-0.25, -0.2) is 0 Å². The molecule has 3 unspecified atom stereocenters. The largest absolute Gasteiger partial charge is 0.480 e. The smallest absolute Gasteiger partial charge is 0.321 e. The van der Waals surface area contributed by atoms with E-state index in [9.17, 15) is 9.90 Å². The summed E-state index contributed by atoms with van der Waals surface area (Å²) in [5.74, 6) is -0.346. The highest BCUT2D eigenvalue weighted by Crippen LogP contribution is 2.27. The van der Waals surface area contributed by atoms with Crippen LogP contribution in [0.25, 0.3) is 0 Å². The molecule has 1 N–H and O–H groups in total. The van der Waals surface area contributed by atoms with Crippen molar-refractivity contribution >= 4 is 5.97 Å². The van der Waals surface area contributed by atoms with Gasteiger partial charge in [-0.1, -0.05) is 39.5 Å². The van der Waals surface area contributed by atoms with Crippen LogP contribution in [0.3, 0.4) is 0 Å². The summed E-state index contributed by atoms with van der Waals surface area (Å²) < 4.78 is 0. The Morgan fingerprint density at radius 2 is 2.12 bits per heavy atom. The van der Waals surface area contributed by atoms with Crippen molar-refractivity contribution in [1.82, 2.24) is 4.90 Å². The van der Waals surface area contributed by atoms with E-state index in [0.29, 0.717) is 12.0 Å². The maximum Gasteiger partial charge on any atom is 0.321 e. The Kier molecular flexibility index (Phi) is 5.96. The first-order chi connectivity index (χ1) is 8.07. The van der Waals surface area contributed by atoms with Crippen LogP contribution in [0, 0.1) is 5.92 Å². The van der Waals surface area contributed by atoms with Crippen LogP contribution in [0.5, 0.6) is 0 Å². The standard InChI is InChI=1S/C14H27NO2/c1-4-5-6-7-8-12(3)15-10-9-11(2)13(15)14(16)17/h11-13H,4-10H2,1-3H3,(H,16,17).